The summed E-state index contributed by atoms with van der Waals surface area (Å²) in [6.45, 7) is 12.8. The lowest BCUT2D eigenvalue weighted by molar-refractivity contribution is 0.00741. The molecule has 200 valence electrons. The first-order valence-electron chi connectivity index (χ1n) is 12.0. The van der Waals surface area contributed by atoms with Crippen molar-refractivity contribution in [3.63, 3.8) is 0 Å². The second kappa shape index (κ2) is 12.5. The van der Waals surface area contributed by atoms with Crippen LogP contribution in [0.5, 0.6) is 0 Å². The number of hydrogen-bond acceptors (Lipinski definition) is 5. The summed E-state index contributed by atoms with van der Waals surface area (Å²) >= 11 is 12.9. The Kier molecular flexibility index (Phi) is 9.57. The van der Waals surface area contributed by atoms with E-state index in [2.05, 4.69) is 40.8 Å². The Morgan fingerprint density at radius 2 is 1.95 bits per heavy atom. The van der Waals surface area contributed by atoms with E-state index in [0.29, 0.717) is 29.1 Å². The number of aryl methyl sites for hydroxylation is 1. The second-order valence-corrected chi connectivity index (χ2v) is 9.84. The molecular formula is C28H30Cl2F2N6. The van der Waals surface area contributed by atoms with Gasteiger partial charge in [0.25, 0.3) is 0 Å². The van der Waals surface area contributed by atoms with E-state index in [1.165, 1.54) is 0 Å². The summed E-state index contributed by atoms with van der Waals surface area (Å²) < 4.78 is 27.1. The van der Waals surface area contributed by atoms with Crippen molar-refractivity contribution in [2.75, 3.05) is 5.32 Å². The molecule has 1 aromatic heterocycles. The fourth-order valence-corrected chi connectivity index (χ4v) is 4.59. The van der Waals surface area contributed by atoms with E-state index in [0.717, 1.165) is 44.7 Å². The number of hydrogen-bond donors (Lipinski definition) is 2. The molecule has 0 radical (unpaired) electrons. The van der Waals surface area contributed by atoms with Gasteiger partial charge in [-0.3, -0.25) is 0 Å². The number of alkyl halides is 2. The fraction of sp³-hybridized carbons (Fsp3) is 0.286. The first kappa shape index (κ1) is 29.2. The van der Waals surface area contributed by atoms with Crippen molar-refractivity contribution in [2.45, 2.75) is 52.5 Å². The van der Waals surface area contributed by atoms with Gasteiger partial charge in [-0.25, -0.2) is 0 Å². The molecule has 3 aromatic rings. The van der Waals surface area contributed by atoms with Crippen LogP contribution in [0.4, 0.5) is 14.5 Å². The van der Waals surface area contributed by atoms with Crippen molar-refractivity contribution in [3.05, 3.63) is 93.4 Å². The Morgan fingerprint density at radius 3 is 2.55 bits per heavy atom. The van der Waals surface area contributed by atoms with E-state index >= 15 is 0 Å². The Balaban J connectivity index is 2.03. The molecule has 2 aromatic carbocycles. The van der Waals surface area contributed by atoms with Crippen LogP contribution < -0.4 is 5.32 Å². The standard InChI is InChI=1S/C28H30Cl2F2N6/c1-6-10-22(18(4)34-26-17(3)13-20(29)14-19(26)7-2)24(23-11-8-9-12-25(23)30)15-21(33)16-38-36-27(35-37-38)28(5,31)32/h7-9,11-14,33-34H,2,4,6,10,15-16H2,1,3,5H3/b24-22-,33-21?. The highest BCUT2D eigenvalue weighted by Crippen LogP contribution is 2.36. The normalized spacial score (nSPS) is 12.2. The summed E-state index contributed by atoms with van der Waals surface area (Å²) in [4.78, 5) is 0.999. The maximum atomic E-state index is 13.6. The van der Waals surface area contributed by atoms with Crippen LogP contribution in [0.2, 0.25) is 10.0 Å². The van der Waals surface area contributed by atoms with Crippen LogP contribution in [-0.2, 0) is 12.5 Å². The Bertz CT molecular complexity index is 1390. The van der Waals surface area contributed by atoms with Crippen molar-refractivity contribution in [2.24, 2.45) is 0 Å². The van der Waals surface area contributed by atoms with Crippen molar-refractivity contribution in [3.8, 4) is 0 Å². The Labute approximate surface area is 231 Å². The Morgan fingerprint density at radius 1 is 1.24 bits per heavy atom. The van der Waals surface area contributed by atoms with Crippen molar-refractivity contribution in [1.29, 1.82) is 5.41 Å². The molecule has 0 amide bonds. The van der Waals surface area contributed by atoms with Gasteiger partial charge >= 0.3 is 5.92 Å². The number of allylic oxidation sites excluding steroid dienone is 2. The quantitative estimate of drug-likeness (QED) is 0.173. The molecule has 0 unspecified atom stereocenters. The SMILES string of the molecule is C=Cc1cc(Cl)cc(C)c1NC(=C)/C(CCC)=C(/CC(=N)Cn1nnc(C(C)(F)F)n1)c1ccccc1Cl. The van der Waals surface area contributed by atoms with Crippen LogP contribution in [0, 0.1) is 12.3 Å². The molecular weight excluding hydrogens is 529 g/mol. The predicted molar refractivity (Wildman–Crippen MR) is 152 cm³/mol. The molecule has 0 aliphatic heterocycles. The molecule has 10 heteroatoms. The number of aromatic nitrogens is 4. The second-order valence-electron chi connectivity index (χ2n) is 8.99. The summed E-state index contributed by atoms with van der Waals surface area (Å²) in [7, 11) is 0. The summed E-state index contributed by atoms with van der Waals surface area (Å²) in [6.07, 6.45) is 3.36. The third-order valence-electron chi connectivity index (χ3n) is 5.82. The van der Waals surface area contributed by atoms with E-state index in [4.69, 9.17) is 28.6 Å². The topological polar surface area (TPSA) is 79.5 Å². The van der Waals surface area contributed by atoms with Gasteiger partial charge in [0.05, 0.1) is 0 Å². The minimum absolute atomic E-state index is 0.104. The molecule has 1 heterocycles. The number of benzene rings is 2. The highest BCUT2D eigenvalue weighted by atomic mass is 35.5. The summed E-state index contributed by atoms with van der Waals surface area (Å²) in [6, 6.07) is 11.1. The number of nitrogens with one attached hydrogen (secondary N) is 2. The van der Waals surface area contributed by atoms with Gasteiger partial charge in [0.1, 0.15) is 6.54 Å². The minimum atomic E-state index is -3.22. The zero-order chi connectivity index (χ0) is 28.0. The van der Waals surface area contributed by atoms with Crippen LogP contribution in [0.1, 0.15) is 55.6 Å². The number of rotatable bonds is 12. The summed E-state index contributed by atoms with van der Waals surface area (Å²) in [5.41, 5.74) is 5.88. The van der Waals surface area contributed by atoms with Gasteiger partial charge < -0.3 is 10.7 Å². The van der Waals surface area contributed by atoms with E-state index in [1.54, 1.807) is 12.1 Å². The third kappa shape index (κ3) is 7.14. The molecule has 2 N–H and O–H groups in total. The maximum Gasteiger partial charge on any atom is 0.307 e. The first-order chi connectivity index (χ1) is 17.9. The maximum absolute atomic E-state index is 13.6. The van der Waals surface area contributed by atoms with E-state index in [1.807, 2.05) is 37.3 Å². The third-order valence-corrected chi connectivity index (χ3v) is 6.37. The molecule has 0 atom stereocenters. The van der Waals surface area contributed by atoms with E-state index in [-0.39, 0.29) is 18.7 Å². The molecule has 0 fully saturated rings. The molecule has 0 aliphatic carbocycles. The molecule has 0 aliphatic rings. The number of halogens is 4. The van der Waals surface area contributed by atoms with Gasteiger partial charge in [-0.05, 0) is 64.6 Å². The van der Waals surface area contributed by atoms with Gasteiger partial charge in [0.15, 0.2) is 0 Å². The summed E-state index contributed by atoms with van der Waals surface area (Å²) in [5, 5.41) is 24.1. The zero-order valence-corrected chi connectivity index (χ0v) is 23.1. The van der Waals surface area contributed by atoms with Crippen LogP contribution in [0.15, 0.2) is 60.8 Å². The predicted octanol–water partition coefficient (Wildman–Crippen LogP) is 8.33. The summed E-state index contributed by atoms with van der Waals surface area (Å²) in [5.74, 6) is -3.90. The number of nitrogens with zero attached hydrogens (tertiary/aromatic N) is 4. The van der Waals surface area contributed by atoms with Gasteiger partial charge in [-0.1, -0.05) is 74.0 Å². The van der Waals surface area contributed by atoms with E-state index in [9.17, 15) is 8.78 Å². The van der Waals surface area contributed by atoms with Gasteiger partial charge in [-0.15, -0.1) is 10.2 Å². The fourth-order valence-electron chi connectivity index (χ4n) is 4.06. The van der Waals surface area contributed by atoms with E-state index < -0.39 is 11.7 Å². The van der Waals surface area contributed by atoms with Crippen molar-refractivity contribution < 1.29 is 8.78 Å². The van der Waals surface area contributed by atoms with Crippen LogP contribution >= 0.6 is 23.2 Å². The van der Waals surface area contributed by atoms with Crippen molar-refractivity contribution >= 4 is 46.3 Å². The minimum Gasteiger partial charge on any atom is -0.355 e. The molecule has 3 rings (SSSR count). The highest BCUT2D eigenvalue weighted by Gasteiger charge is 2.30. The van der Waals surface area contributed by atoms with Gasteiger partial charge in [0, 0.05) is 40.5 Å². The van der Waals surface area contributed by atoms with Crippen LogP contribution in [0.25, 0.3) is 11.6 Å². The average molecular weight is 559 g/mol. The zero-order valence-electron chi connectivity index (χ0n) is 21.6. The van der Waals surface area contributed by atoms with Crippen LogP contribution in [0.3, 0.4) is 0 Å². The first-order valence-corrected chi connectivity index (χ1v) is 12.8. The molecule has 6 nitrogen and oxygen atoms in total. The lowest BCUT2D eigenvalue weighted by Crippen LogP contribution is -2.16. The Hall–Kier alpha value is -3.36. The molecule has 0 spiro atoms. The number of tetrazole rings is 1. The molecule has 0 saturated heterocycles. The monoisotopic (exact) mass is 558 g/mol. The number of anilines is 1. The van der Waals surface area contributed by atoms with Gasteiger partial charge in [-0.2, -0.15) is 13.6 Å². The molecule has 0 saturated carbocycles. The van der Waals surface area contributed by atoms with Crippen LogP contribution in [-0.4, -0.2) is 25.9 Å². The lowest BCUT2D eigenvalue weighted by Gasteiger charge is -2.22. The average Bonchev–Trinajstić information content (AvgIpc) is 3.32. The lowest BCUT2D eigenvalue weighted by atomic mass is 9.90. The smallest absolute Gasteiger partial charge is 0.307 e. The highest BCUT2D eigenvalue weighted by molar-refractivity contribution is 6.32. The molecule has 38 heavy (non-hydrogen) atoms. The van der Waals surface area contributed by atoms with Crippen molar-refractivity contribution in [1.82, 2.24) is 20.2 Å². The molecule has 0 bridgehead atoms. The largest absolute Gasteiger partial charge is 0.355 e. The van der Waals surface area contributed by atoms with Gasteiger partial charge in [0.2, 0.25) is 5.82 Å².